The third-order valence-corrected chi connectivity index (χ3v) is 13.0. The van der Waals surface area contributed by atoms with Gasteiger partial charge in [0.1, 0.15) is 28.8 Å². The van der Waals surface area contributed by atoms with E-state index in [9.17, 15) is 29.2 Å². The normalized spacial score (nSPS) is 21.8. The first-order valence-corrected chi connectivity index (χ1v) is 22.4. The molecule has 3 aliphatic heterocycles. The summed E-state index contributed by atoms with van der Waals surface area (Å²) < 4.78 is 37.8. The van der Waals surface area contributed by atoms with E-state index in [2.05, 4.69) is 27.3 Å². The molecule has 0 radical (unpaired) electrons. The molecule has 7 rings (SSSR count). The largest absolute Gasteiger partial charge is 0.495 e. The molecule has 1 unspecified atom stereocenters. The Labute approximate surface area is 392 Å². The average Bonchev–Trinajstić information content (AvgIpc) is 3.77. The van der Waals surface area contributed by atoms with Gasteiger partial charge in [-0.15, -0.1) is 0 Å². The fourth-order valence-electron chi connectivity index (χ4n) is 9.46. The lowest BCUT2D eigenvalue weighted by atomic mass is 9.62. The number of allylic oxidation sites excluding steroid dienone is 1. The van der Waals surface area contributed by atoms with Crippen molar-refractivity contribution >= 4 is 64.5 Å². The summed E-state index contributed by atoms with van der Waals surface area (Å²) in [7, 11) is 1.38. The molecule has 12 nitrogen and oxygen atoms in total. The molecule has 344 valence electrons. The second-order valence-electron chi connectivity index (χ2n) is 18.2. The molecule has 2 saturated heterocycles. The van der Waals surface area contributed by atoms with Crippen molar-refractivity contribution in [1.29, 1.82) is 5.26 Å². The second kappa shape index (κ2) is 19.4. The molecular weight excluding hydrogens is 889 g/mol. The van der Waals surface area contributed by atoms with Crippen molar-refractivity contribution in [1.82, 2.24) is 20.9 Å². The van der Waals surface area contributed by atoms with Crippen LogP contribution >= 0.6 is 23.2 Å². The van der Waals surface area contributed by atoms with E-state index in [4.69, 9.17) is 27.9 Å². The Kier molecular flexibility index (Phi) is 14.0. The van der Waals surface area contributed by atoms with Gasteiger partial charge in [-0.25, -0.2) is 8.78 Å². The minimum absolute atomic E-state index is 0.0490. The van der Waals surface area contributed by atoms with E-state index >= 15 is 8.78 Å². The Morgan fingerprint density at radius 2 is 1.80 bits per heavy atom. The fraction of sp³-hybridized carbons (Fsp3) is 0.360. The highest BCUT2D eigenvalue weighted by molar-refractivity contribution is 6.31. The highest BCUT2D eigenvalue weighted by Crippen LogP contribution is 2.53. The molecule has 0 bridgehead atoms. The van der Waals surface area contributed by atoms with Crippen molar-refractivity contribution in [2.45, 2.75) is 95.8 Å². The Morgan fingerprint density at radius 3 is 2.50 bits per heavy atom. The van der Waals surface area contributed by atoms with Crippen LogP contribution in [0.3, 0.4) is 0 Å². The minimum Gasteiger partial charge on any atom is -0.495 e. The van der Waals surface area contributed by atoms with Crippen LogP contribution in [0.2, 0.25) is 10.0 Å². The van der Waals surface area contributed by atoms with Crippen molar-refractivity contribution in [2.75, 3.05) is 19.0 Å². The van der Waals surface area contributed by atoms with E-state index in [0.717, 1.165) is 22.8 Å². The molecule has 3 aliphatic rings. The summed E-state index contributed by atoms with van der Waals surface area (Å²) in [6, 6.07) is 17.7. The van der Waals surface area contributed by atoms with Gasteiger partial charge in [0.15, 0.2) is 0 Å². The number of amides is 5. The number of piperidine rings is 1. The van der Waals surface area contributed by atoms with Gasteiger partial charge in [0.25, 0.3) is 11.8 Å². The van der Waals surface area contributed by atoms with E-state index in [0.29, 0.717) is 24.9 Å². The van der Waals surface area contributed by atoms with Gasteiger partial charge in [-0.05, 0) is 97.2 Å². The number of ether oxygens (including phenoxy) is 1. The summed E-state index contributed by atoms with van der Waals surface area (Å²) in [4.78, 5) is 66.9. The van der Waals surface area contributed by atoms with Gasteiger partial charge in [0.2, 0.25) is 17.7 Å². The molecule has 4 aromatic carbocycles. The number of benzene rings is 4. The zero-order valence-corrected chi connectivity index (χ0v) is 38.6. The summed E-state index contributed by atoms with van der Waals surface area (Å²) in [5.41, 5.74) is 1.31. The number of imide groups is 1. The number of fused-ring (bicyclic) bond motifs is 1. The first-order valence-electron chi connectivity index (χ1n) is 21.6. The average molecular weight is 940 g/mol. The number of nitrogens with one attached hydrogen (secondary N) is 4. The van der Waals surface area contributed by atoms with E-state index in [1.54, 1.807) is 12.1 Å². The third kappa shape index (κ3) is 9.56. The Hall–Kier alpha value is -6.14. The van der Waals surface area contributed by atoms with Crippen molar-refractivity contribution in [3.05, 3.63) is 133 Å². The molecule has 0 aliphatic carbocycles. The lowest BCUT2D eigenvalue weighted by Gasteiger charge is -2.37. The van der Waals surface area contributed by atoms with Crippen LogP contribution in [0.15, 0.2) is 78.4 Å². The van der Waals surface area contributed by atoms with Crippen LogP contribution in [0.4, 0.5) is 14.5 Å². The lowest BCUT2D eigenvalue weighted by Crippen LogP contribution is -2.52. The molecule has 4 N–H and O–H groups in total. The minimum atomic E-state index is -1.82. The van der Waals surface area contributed by atoms with Gasteiger partial charge in [-0.2, -0.15) is 5.26 Å². The number of methoxy groups -OCH3 is 1. The molecule has 5 amide bonds. The summed E-state index contributed by atoms with van der Waals surface area (Å²) >= 11 is 12.4. The van der Waals surface area contributed by atoms with Gasteiger partial charge >= 0.3 is 0 Å². The summed E-state index contributed by atoms with van der Waals surface area (Å²) in [5.74, 6) is -4.85. The number of halogens is 4. The first kappa shape index (κ1) is 47.8. The maximum atomic E-state index is 16.2. The highest BCUT2D eigenvalue weighted by atomic mass is 35.5. The molecule has 66 heavy (non-hydrogen) atoms. The maximum absolute atomic E-state index is 16.2. The van der Waals surface area contributed by atoms with Gasteiger partial charge in [-0.1, -0.05) is 86.0 Å². The Morgan fingerprint density at radius 1 is 1.05 bits per heavy atom. The number of anilines is 1. The van der Waals surface area contributed by atoms with Crippen LogP contribution in [-0.4, -0.2) is 66.2 Å². The van der Waals surface area contributed by atoms with Crippen molar-refractivity contribution in [3.8, 4) is 11.8 Å². The molecule has 0 aromatic heterocycles. The van der Waals surface area contributed by atoms with Crippen LogP contribution in [0.25, 0.3) is 6.08 Å². The topological polar surface area (TPSA) is 170 Å². The van der Waals surface area contributed by atoms with Crippen LogP contribution in [0.1, 0.15) is 109 Å². The van der Waals surface area contributed by atoms with E-state index in [1.165, 1.54) is 60.5 Å². The van der Waals surface area contributed by atoms with E-state index in [1.807, 2.05) is 39.8 Å². The zero-order chi connectivity index (χ0) is 47.7. The Balaban J connectivity index is 1.05. The molecular formula is C50H50Cl2F2N6O6. The SMILES string of the molecule is COc1cc(C(=O)NCCC/C(C)=C\c2cccc3c2CN(C2CCC(=O)NC2=O)C3=O)ccc1NC(=O)[C@@H]1N[C@@H](CC(C)(C)C)[C@](C#N)(c2ccc(Cl)cc2F)[C@H]1c1cccc(Cl)c1F. The number of carbonyl (C=O) groups excluding carboxylic acids is 5. The predicted octanol–water partition coefficient (Wildman–Crippen LogP) is 8.62. The van der Waals surface area contributed by atoms with Crippen LogP contribution in [-0.2, 0) is 26.3 Å². The molecule has 0 saturated carbocycles. The number of carbonyl (C=O) groups is 5. The van der Waals surface area contributed by atoms with Gasteiger partial charge in [0.05, 0.1) is 29.9 Å². The number of nitriles is 1. The molecule has 2 fully saturated rings. The fourth-order valence-corrected chi connectivity index (χ4v) is 9.80. The summed E-state index contributed by atoms with van der Waals surface area (Å²) in [6.45, 7) is 8.39. The first-order chi connectivity index (χ1) is 31.4. The van der Waals surface area contributed by atoms with Crippen molar-refractivity contribution < 1.29 is 37.5 Å². The zero-order valence-electron chi connectivity index (χ0n) is 37.1. The van der Waals surface area contributed by atoms with Gasteiger partial charge in [0, 0.05) is 53.2 Å². The summed E-state index contributed by atoms with van der Waals surface area (Å²) in [5, 5.41) is 22.4. The number of hydrogen-bond donors (Lipinski definition) is 4. The number of hydrogen-bond acceptors (Lipinski definition) is 8. The monoisotopic (exact) mass is 938 g/mol. The van der Waals surface area contributed by atoms with E-state index < -0.39 is 58.3 Å². The second-order valence-corrected chi connectivity index (χ2v) is 19.1. The number of nitrogens with zero attached hydrogens (tertiary/aromatic N) is 2. The standard InChI is InChI=1S/C50H50Cl2F2N6O6/c1-27(21-28-10-6-11-31-33(28)25-60(48(31)65)38-18-19-41(61)59-46(38)63)9-8-20-56-45(62)29-14-17-37(39(22-29)66-5)57-47(64)44-42(32-12-7-13-35(52)43(32)54)50(26-55,40(58-44)24-49(2,3)4)34-16-15-30(51)23-36(34)53/h6-7,10-17,21-23,38,40,42,44,58H,8-9,18-20,24-25H2,1-5H3,(H,56,62)(H,57,64)(H,59,61,63)/b27-21-/t38?,40-,42-,44+,50-/m0/s1. The van der Waals surface area contributed by atoms with Crippen LogP contribution < -0.4 is 26.0 Å². The van der Waals surface area contributed by atoms with Crippen LogP contribution in [0.5, 0.6) is 5.75 Å². The molecule has 3 heterocycles. The molecule has 16 heteroatoms. The smallest absolute Gasteiger partial charge is 0.255 e. The highest BCUT2D eigenvalue weighted by Gasteiger charge is 2.61. The maximum Gasteiger partial charge on any atom is 0.255 e. The van der Waals surface area contributed by atoms with Gasteiger partial charge < -0.3 is 25.6 Å². The lowest BCUT2D eigenvalue weighted by molar-refractivity contribution is -0.137. The van der Waals surface area contributed by atoms with E-state index in [-0.39, 0.29) is 81.7 Å². The van der Waals surface area contributed by atoms with Crippen molar-refractivity contribution in [2.24, 2.45) is 5.41 Å². The molecule has 4 aromatic rings. The predicted molar refractivity (Wildman–Crippen MR) is 247 cm³/mol. The summed E-state index contributed by atoms with van der Waals surface area (Å²) in [6.07, 6.45) is 3.96. The van der Waals surface area contributed by atoms with Crippen LogP contribution in [0, 0.1) is 28.4 Å². The quantitative estimate of drug-likeness (QED) is 0.0763. The third-order valence-electron chi connectivity index (χ3n) is 12.5. The molecule has 5 atom stereocenters. The Bertz CT molecular complexity index is 2700. The number of rotatable bonds is 13. The molecule has 0 spiro atoms. The van der Waals surface area contributed by atoms with Gasteiger partial charge in [-0.3, -0.25) is 29.3 Å². The van der Waals surface area contributed by atoms with Crippen molar-refractivity contribution in [3.63, 3.8) is 0 Å².